The van der Waals surface area contributed by atoms with Gasteiger partial charge in [-0.05, 0) is 63.4 Å². The summed E-state index contributed by atoms with van der Waals surface area (Å²) in [6.45, 7) is 8.15. The molecule has 1 aliphatic rings. The molecule has 38 heavy (non-hydrogen) atoms. The maximum Gasteiger partial charge on any atom is 0.306 e. The van der Waals surface area contributed by atoms with Crippen molar-refractivity contribution in [1.29, 1.82) is 0 Å². The molecule has 2 aromatic heterocycles. The Morgan fingerprint density at radius 3 is 2.53 bits per heavy atom. The summed E-state index contributed by atoms with van der Waals surface area (Å²) in [5.74, 6) is 0.457. The number of carbonyl (C=O) groups is 2. The highest BCUT2D eigenvalue weighted by Gasteiger charge is 2.33. The number of ether oxygens (including phenoxy) is 1. The monoisotopic (exact) mass is 511 g/mol. The van der Waals surface area contributed by atoms with Crippen LogP contribution in [0.3, 0.4) is 0 Å². The number of hydrogen-bond acceptors (Lipinski definition) is 6. The van der Waals surface area contributed by atoms with Gasteiger partial charge in [-0.25, -0.2) is 9.50 Å². The van der Waals surface area contributed by atoms with E-state index >= 15 is 0 Å². The molecule has 8 heteroatoms. The first-order chi connectivity index (χ1) is 18.2. The molecule has 2 atom stereocenters. The minimum absolute atomic E-state index is 0.0195. The lowest BCUT2D eigenvalue weighted by Crippen LogP contribution is -2.27. The van der Waals surface area contributed by atoms with Crippen LogP contribution in [0.2, 0.25) is 0 Å². The van der Waals surface area contributed by atoms with E-state index < -0.39 is 5.60 Å². The highest BCUT2D eigenvalue weighted by Crippen LogP contribution is 2.30. The molecule has 8 nitrogen and oxygen atoms in total. The molecule has 0 spiro atoms. The third-order valence-electron chi connectivity index (χ3n) is 6.58. The average Bonchev–Trinajstić information content (AvgIpc) is 3.46. The summed E-state index contributed by atoms with van der Waals surface area (Å²) in [5, 5.41) is 8.25. The zero-order valence-electron chi connectivity index (χ0n) is 22.2. The first-order valence-corrected chi connectivity index (χ1v) is 13.0. The number of imidazole rings is 1. The molecule has 3 heterocycles. The zero-order valence-corrected chi connectivity index (χ0v) is 22.2. The van der Waals surface area contributed by atoms with E-state index in [1.807, 2.05) is 79.9 Å². The Hall–Kier alpha value is -4.20. The molecule has 5 rings (SSSR count). The van der Waals surface area contributed by atoms with Gasteiger partial charge in [-0.15, -0.1) is 5.10 Å². The second-order valence-corrected chi connectivity index (χ2v) is 10.8. The number of amides is 1. The van der Waals surface area contributed by atoms with E-state index in [1.165, 1.54) is 5.56 Å². The van der Waals surface area contributed by atoms with Gasteiger partial charge in [0.2, 0.25) is 5.91 Å². The van der Waals surface area contributed by atoms with Gasteiger partial charge in [-0.1, -0.05) is 42.5 Å². The molecule has 0 saturated carbocycles. The van der Waals surface area contributed by atoms with Gasteiger partial charge in [-0.3, -0.25) is 9.59 Å². The molecule has 2 aromatic carbocycles. The van der Waals surface area contributed by atoms with Gasteiger partial charge in [0.1, 0.15) is 11.4 Å². The Kier molecular flexibility index (Phi) is 6.89. The van der Waals surface area contributed by atoms with E-state index in [1.54, 1.807) is 11.1 Å². The van der Waals surface area contributed by atoms with Crippen molar-refractivity contribution in [2.24, 2.45) is 5.92 Å². The SMILES string of the molecule is C[C@@H](Nc1ccc2ncc(-c3ccc(N4C[C@@H](CC(=O)OC(C)(C)C)CC4=O)cc3)n2n1)c1ccccc1. The molecule has 4 aromatic rings. The highest BCUT2D eigenvalue weighted by atomic mass is 16.6. The molecule has 1 amide bonds. The van der Waals surface area contributed by atoms with Crippen LogP contribution >= 0.6 is 0 Å². The molecule has 196 valence electrons. The van der Waals surface area contributed by atoms with Crippen LogP contribution in [0.25, 0.3) is 16.9 Å². The Bertz CT molecular complexity index is 1440. The van der Waals surface area contributed by atoms with E-state index in [4.69, 9.17) is 9.84 Å². The molecule has 1 saturated heterocycles. The van der Waals surface area contributed by atoms with Crippen molar-refractivity contribution < 1.29 is 14.3 Å². The molecule has 0 unspecified atom stereocenters. The lowest BCUT2D eigenvalue weighted by atomic mass is 10.0. The number of nitrogens with one attached hydrogen (secondary N) is 1. The lowest BCUT2D eigenvalue weighted by Gasteiger charge is -2.21. The third-order valence-corrected chi connectivity index (χ3v) is 6.58. The van der Waals surface area contributed by atoms with Gasteiger partial charge in [0.05, 0.1) is 18.3 Å². The van der Waals surface area contributed by atoms with Gasteiger partial charge in [0.25, 0.3) is 0 Å². The second kappa shape index (κ2) is 10.3. The number of hydrogen-bond donors (Lipinski definition) is 1. The van der Waals surface area contributed by atoms with E-state index in [0.717, 1.165) is 28.4 Å². The van der Waals surface area contributed by atoms with Crippen LogP contribution in [0.1, 0.15) is 52.1 Å². The number of rotatable bonds is 7. The molecule has 0 aliphatic carbocycles. The molecular weight excluding hydrogens is 478 g/mol. The average molecular weight is 512 g/mol. The molecule has 1 aliphatic heterocycles. The summed E-state index contributed by atoms with van der Waals surface area (Å²) in [4.78, 5) is 31.2. The van der Waals surface area contributed by atoms with Crippen molar-refractivity contribution in [3.63, 3.8) is 0 Å². The summed E-state index contributed by atoms with van der Waals surface area (Å²) in [6.07, 6.45) is 2.39. The molecule has 0 bridgehead atoms. The number of fused-ring (bicyclic) bond motifs is 1. The van der Waals surface area contributed by atoms with Crippen LogP contribution in [0.15, 0.2) is 72.9 Å². The Morgan fingerprint density at radius 2 is 1.82 bits per heavy atom. The predicted molar refractivity (Wildman–Crippen MR) is 148 cm³/mol. The van der Waals surface area contributed by atoms with Crippen molar-refractivity contribution in [2.45, 2.75) is 52.2 Å². The van der Waals surface area contributed by atoms with Gasteiger partial charge in [-0.2, -0.15) is 0 Å². The minimum Gasteiger partial charge on any atom is -0.460 e. The first kappa shape index (κ1) is 25.4. The van der Waals surface area contributed by atoms with Gasteiger partial charge in [0, 0.05) is 30.3 Å². The third kappa shape index (κ3) is 5.69. The summed E-state index contributed by atoms with van der Waals surface area (Å²) >= 11 is 0. The van der Waals surface area contributed by atoms with Crippen molar-refractivity contribution >= 4 is 29.0 Å². The fourth-order valence-electron chi connectivity index (χ4n) is 4.79. The number of esters is 1. The van der Waals surface area contributed by atoms with E-state index in [9.17, 15) is 9.59 Å². The standard InChI is InChI=1S/C30H33N5O3/c1-20(22-8-6-5-7-9-22)32-26-14-15-27-31-18-25(35(27)33-26)23-10-12-24(13-11-23)34-19-21(16-28(34)36)17-29(37)38-30(2,3)4/h5-15,18,20-21H,16-17,19H2,1-4H3,(H,32,33)/t20-,21-/m1/s1. The van der Waals surface area contributed by atoms with E-state index in [-0.39, 0.29) is 30.3 Å². The minimum atomic E-state index is -0.529. The van der Waals surface area contributed by atoms with Crippen molar-refractivity contribution in [1.82, 2.24) is 14.6 Å². The van der Waals surface area contributed by atoms with Crippen molar-refractivity contribution in [3.8, 4) is 11.3 Å². The number of carbonyl (C=O) groups excluding carboxylic acids is 2. The summed E-state index contributed by atoms with van der Waals surface area (Å²) in [5.41, 5.74) is 4.02. The quantitative estimate of drug-likeness (QED) is 0.322. The number of nitrogens with zero attached hydrogens (tertiary/aromatic N) is 4. The van der Waals surface area contributed by atoms with Crippen LogP contribution < -0.4 is 10.2 Å². The fraction of sp³-hybridized carbons (Fsp3) is 0.333. The normalized spacial score (nSPS) is 16.6. The lowest BCUT2D eigenvalue weighted by molar-refractivity contribution is -0.155. The van der Waals surface area contributed by atoms with E-state index in [2.05, 4.69) is 29.4 Å². The van der Waals surface area contributed by atoms with Crippen LogP contribution in [0.4, 0.5) is 11.5 Å². The van der Waals surface area contributed by atoms with Gasteiger partial charge < -0.3 is 15.0 Å². The van der Waals surface area contributed by atoms with Crippen LogP contribution in [-0.2, 0) is 14.3 Å². The predicted octanol–water partition coefficient (Wildman–Crippen LogP) is 5.65. The topological polar surface area (TPSA) is 88.8 Å². The Balaban J connectivity index is 1.30. The van der Waals surface area contributed by atoms with Crippen LogP contribution in [0, 0.1) is 5.92 Å². The summed E-state index contributed by atoms with van der Waals surface area (Å²) in [7, 11) is 0. The van der Waals surface area contributed by atoms with E-state index in [0.29, 0.717) is 13.0 Å². The smallest absolute Gasteiger partial charge is 0.306 e. The Morgan fingerprint density at radius 1 is 1.08 bits per heavy atom. The van der Waals surface area contributed by atoms with Crippen molar-refractivity contribution in [2.75, 3.05) is 16.8 Å². The molecule has 1 N–H and O–H groups in total. The molecular formula is C30H33N5O3. The number of aromatic nitrogens is 3. The summed E-state index contributed by atoms with van der Waals surface area (Å²) in [6, 6.07) is 22.0. The fourth-order valence-corrected chi connectivity index (χ4v) is 4.79. The van der Waals surface area contributed by atoms with Gasteiger partial charge >= 0.3 is 5.97 Å². The molecule has 0 radical (unpaired) electrons. The maximum atomic E-state index is 12.7. The second-order valence-electron chi connectivity index (χ2n) is 10.8. The molecule has 1 fully saturated rings. The van der Waals surface area contributed by atoms with Crippen LogP contribution in [-0.4, -0.2) is 38.6 Å². The van der Waals surface area contributed by atoms with Crippen molar-refractivity contribution in [3.05, 3.63) is 78.5 Å². The number of benzene rings is 2. The first-order valence-electron chi connectivity index (χ1n) is 13.0. The largest absolute Gasteiger partial charge is 0.460 e. The Labute approximate surface area is 222 Å². The van der Waals surface area contributed by atoms with Crippen LogP contribution in [0.5, 0.6) is 0 Å². The summed E-state index contributed by atoms with van der Waals surface area (Å²) < 4.78 is 7.26. The maximum absolute atomic E-state index is 12.7. The van der Waals surface area contributed by atoms with Gasteiger partial charge in [0.15, 0.2) is 5.65 Å². The zero-order chi connectivity index (χ0) is 26.9. The highest BCUT2D eigenvalue weighted by molar-refractivity contribution is 5.96. The number of anilines is 2.